The Morgan fingerprint density at radius 1 is 1.06 bits per heavy atom. The molecule has 0 bridgehead atoms. The highest BCUT2D eigenvalue weighted by Crippen LogP contribution is 2.72. The van der Waals surface area contributed by atoms with E-state index < -0.39 is 0 Å². The first-order valence-corrected chi connectivity index (χ1v) is 13.0. The van der Waals surface area contributed by atoms with Crippen LogP contribution in [-0.2, 0) is 4.79 Å². The fourth-order valence-corrected chi connectivity index (χ4v) is 9.63. The molecule has 5 aliphatic rings. The molecule has 3 nitrogen and oxygen atoms in total. The average Bonchev–Trinajstić information content (AvgIpc) is 2.72. The number of hydrogen-bond donors (Lipinski definition) is 1. The summed E-state index contributed by atoms with van der Waals surface area (Å²) in [7, 11) is 0. The predicted molar refractivity (Wildman–Crippen MR) is 127 cm³/mol. The van der Waals surface area contributed by atoms with Gasteiger partial charge in [-0.3, -0.25) is 4.79 Å². The van der Waals surface area contributed by atoms with Gasteiger partial charge in [0.15, 0.2) is 5.78 Å². The van der Waals surface area contributed by atoms with Gasteiger partial charge in [0.25, 0.3) is 0 Å². The Labute approximate surface area is 194 Å². The molecule has 0 heterocycles. The Kier molecular flexibility index (Phi) is 4.68. The topological polar surface area (TPSA) is 61.1 Å². The van der Waals surface area contributed by atoms with E-state index in [0.29, 0.717) is 35.0 Å². The third kappa shape index (κ3) is 2.68. The molecular weight excluding hydrogens is 394 g/mol. The fourth-order valence-electron chi connectivity index (χ4n) is 9.63. The van der Waals surface area contributed by atoms with Gasteiger partial charge in [-0.15, -0.1) is 0 Å². The molecule has 8 atom stereocenters. The van der Waals surface area contributed by atoms with Crippen molar-refractivity contribution < 1.29 is 9.90 Å². The van der Waals surface area contributed by atoms with E-state index in [2.05, 4.69) is 53.7 Å². The molecule has 0 amide bonds. The van der Waals surface area contributed by atoms with Crippen molar-refractivity contribution >= 4 is 5.78 Å². The summed E-state index contributed by atoms with van der Waals surface area (Å²) >= 11 is 0. The molecule has 0 saturated heterocycles. The van der Waals surface area contributed by atoms with Gasteiger partial charge >= 0.3 is 0 Å². The third-order valence-corrected chi connectivity index (χ3v) is 11.6. The number of carbonyl (C=O) groups is 1. The van der Waals surface area contributed by atoms with Crippen LogP contribution in [0.3, 0.4) is 0 Å². The summed E-state index contributed by atoms with van der Waals surface area (Å²) in [5.74, 6) is 2.26. The molecule has 5 rings (SSSR count). The second-order valence-corrected chi connectivity index (χ2v) is 13.6. The minimum absolute atomic E-state index is 0.0172. The molecule has 5 aliphatic carbocycles. The average molecular weight is 436 g/mol. The van der Waals surface area contributed by atoms with Gasteiger partial charge in [-0.2, -0.15) is 5.26 Å². The summed E-state index contributed by atoms with van der Waals surface area (Å²) in [6.45, 7) is 14.0. The molecule has 0 aromatic carbocycles. The van der Waals surface area contributed by atoms with Crippen molar-refractivity contribution in [3.05, 3.63) is 23.0 Å². The van der Waals surface area contributed by atoms with Crippen LogP contribution in [0.25, 0.3) is 0 Å². The standard InChI is InChI=1S/C29H41NO2/c1-17-21-9-12-28(5)23(27(21,4)14-19(16-30)25(17)32)13-22(31)24-20-15-26(2,3)10-7-18(20)8-11-29(24,28)6/h13,17-18,20-21,24,32H,7-12,14-15H2,1-6H3/t17-,18?,20?,21-,24?,27-,28+,29+/m0/s1. The van der Waals surface area contributed by atoms with Crippen LogP contribution in [-0.4, -0.2) is 10.9 Å². The van der Waals surface area contributed by atoms with Crippen LogP contribution in [0.4, 0.5) is 0 Å². The molecule has 3 fully saturated rings. The molecule has 0 aromatic heterocycles. The zero-order valence-electron chi connectivity index (χ0n) is 20.9. The molecule has 1 N–H and O–H groups in total. The number of aliphatic hydroxyl groups is 1. The van der Waals surface area contributed by atoms with Crippen molar-refractivity contribution in [1.29, 1.82) is 5.26 Å². The van der Waals surface area contributed by atoms with Gasteiger partial charge < -0.3 is 5.11 Å². The first-order valence-electron chi connectivity index (χ1n) is 13.0. The van der Waals surface area contributed by atoms with E-state index in [1.54, 1.807) is 0 Å². The summed E-state index contributed by atoms with van der Waals surface area (Å²) in [4.78, 5) is 14.0. The van der Waals surface area contributed by atoms with Gasteiger partial charge in [0.1, 0.15) is 5.76 Å². The van der Waals surface area contributed by atoms with Crippen LogP contribution in [0.2, 0.25) is 0 Å². The van der Waals surface area contributed by atoms with Gasteiger partial charge in [0.2, 0.25) is 0 Å². The van der Waals surface area contributed by atoms with Crippen LogP contribution in [0, 0.1) is 62.6 Å². The summed E-state index contributed by atoms with van der Waals surface area (Å²) in [5.41, 5.74) is 1.89. The van der Waals surface area contributed by atoms with Gasteiger partial charge in [0.05, 0.1) is 11.6 Å². The number of nitrogens with zero attached hydrogens (tertiary/aromatic N) is 1. The maximum atomic E-state index is 14.0. The number of ketones is 1. The van der Waals surface area contributed by atoms with E-state index in [4.69, 9.17) is 0 Å². The number of aliphatic hydroxyl groups excluding tert-OH is 1. The highest BCUT2D eigenvalue weighted by atomic mass is 16.3. The predicted octanol–water partition coefficient (Wildman–Crippen LogP) is 7.15. The molecule has 0 radical (unpaired) electrons. The lowest BCUT2D eigenvalue weighted by Crippen LogP contribution is -2.62. The van der Waals surface area contributed by atoms with Gasteiger partial charge in [-0.05, 0) is 96.9 Å². The summed E-state index contributed by atoms with van der Waals surface area (Å²) in [6.07, 6.45) is 10.9. The van der Waals surface area contributed by atoms with Gasteiger partial charge in [0, 0.05) is 11.8 Å². The van der Waals surface area contributed by atoms with Crippen molar-refractivity contribution in [2.75, 3.05) is 0 Å². The Morgan fingerprint density at radius 2 is 1.75 bits per heavy atom. The Balaban J connectivity index is 1.63. The van der Waals surface area contributed by atoms with Crippen molar-refractivity contribution in [1.82, 2.24) is 0 Å². The zero-order chi connectivity index (χ0) is 23.3. The van der Waals surface area contributed by atoms with E-state index in [-0.39, 0.29) is 39.8 Å². The molecular formula is C29H41NO2. The van der Waals surface area contributed by atoms with Crippen molar-refractivity contribution in [2.45, 2.75) is 92.9 Å². The highest BCUT2D eigenvalue weighted by molar-refractivity contribution is 5.95. The van der Waals surface area contributed by atoms with Gasteiger partial charge in [-0.1, -0.05) is 47.1 Å². The largest absolute Gasteiger partial charge is 0.511 e. The lowest BCUT2D eigenvalue weighted by atomic mass is 9.36. The van der Waals surface area contributed by atoms with Crippen molar-refractivity contribution in [2.24, 2.45) is 51.2 Å². The van der Waals surface area contributed by atoms with E-state index in [9.17, 15) is 15.2 Å². The second kappa shape index (κ2) is 6.74. The number of fused-ring (bicyclic) bond motifs is 7. The van der Waals surface area contributed by atoms with Crippen LogP contribution >= 0.6 is 0 Å². The number of allylic oxidation sites excluding steroid dienone is 4. The Hall–Kier alpha value is -1.56. The molecule has 32 heavy (non-hydrogen) atoms. The van der Waals surface area contributed by atoms with Crippen molar-refractivity contribution in [3.63, 3.8) is 0 Å². The number of rotatable bonds is 0. The fraction of sp³-hybridized carbons (Fsp3) is 0.793. The molecule has 0 spiro atoms. The quantitative estimate of drug-likeness (QED) is 0.439. The summed E-state index contributed by atoms with van der Waals surface area (Å²) < 4.78 is 0. The number of nitriles is 1. The van der Waals surface area contributed by atoms with E-state index in [1.807, 2.05) is 0 Å². The monoisotopic (exact) mass is 435 g/mol. The van der Waals surface area contributed by atoms with E-state index in [1.165, 1.54) is 31.3 Å². The van der Waals surface area contributed by atoms with E-state index in [0.717, 1.165) is 19.3 Å². The molecule has 3 heteroatoms. The third-order valence-electron chi connectivity index (χ3n) is 11.6. The number of hydrogen-bond acceptors (Lipinski definition) is 3. The van der Waals surface area contributed by atoms with Crippen molar-refractivity contribution in [3.8, 4) is 6.07 Å². The normalized spacial score (nSPS) is 49.7. The van der Waals surface area contributed by atoms with E-state index >= 15 is 0 Å². The first-order chi connectivity index (χ1) is 14.9. The maximum absolute atomic E-state index is 14.0. The zero-order valence-corrected chi connectivity index (χ0v) is 20.9. The second-order valence-electron chi connectivity index (χ2n) is 13.6. The summed E-state index contributed by atoms with van der Waals surface area (Å²) in [5, 5.41) is 20.4. The Morgan fingerprint density at radius 3 is 2.44 bits per heavy atom. The van der Waals surface area contributed by atoms with Crippen LogP contribution in [0.1, 0.15) is 92.9 Å². The molecule has 3 unspecified atom stereocenters. The van der Waals surface area contributed by atoms with Crippen LogP contribution in [0.15, 0.2) is 23.0 Å². The van der Waals surface area contributed by atoms with Crippen LogP contribution < -0.4 is 0 Å². The lowest BCUT2D eigenvalue weighted by Gasteiger charge is -2.67. The van der Waals surface area contributed by atoms with Crippen LogP contribution in [0.5, 0.6) is 0 Å². The minimum Gasteiger partial charge on any atom is -0.511 e. The lowest BCUT2D eigenvalue weighted by molar-refractivity contribution is -0.154. The maximum Gasteiger partial charge on any atom is 0.159 e. The molecule has 3 saturated carbocycles. The highest BCUT2D eigenvalue weighted by Gasteiger charge is 2.66. The minimum atomic E-state index is -0.226. The number of carbonyl (C=O) groups excluding carboxylic acids is 1. The first kappa shape index (κ1) is 22.2. The smallest absolute Gasteiger partial charge is 0.159 e. The SMILES string of the molecule is C[C@@H]1C(O)=C(C#N)C[C@]2(C)C3=CC(=O)C4C5CC(C)(C)CCC5CC[C@@]4(C)[C@]3(C)CC[C@@H]12. The molecule has 0 aliphatic heterocycles. The molecule has 174 valence electrons. The summed E-state index contributed by atoms with van der Waals surface area (Å²) in [6, 6.07) is 2.29. The van der Waals surface area contributed by atoms with Gasteiger partial charge in [-0.25, -0.2) is 0 Å². The Bertz CT molecular complexity index is 966. The molecule has 0 aromatic rings.